The highest BCUT2D eigenvalue weighted by molar-refractivity contribution is 5.90. The number of piperidine rings is 1. The van der Waals surface area contributed by atoms with Gasteiger partial charge in [-0.2, -0.15) is 0 Å². The van der Waals surface area contributed by atoms with Crippen LogP contribution in [0.25, 0.3) is 0 Å². The number of ketones is 1. The van der Waals surface area contributed by atoms with Gasteiger partial charge in [0.1, 0.15) is 0 Å². The molecule has 2 aliphatic heterocycles. The average molecular weight is 319 g/mol. The third kappa shape index (κ3) is 1.32. The van der Waals surface area contributed by atoms with E-state index in [9.17, 15) is 9.90 Å². The zero-order valence-electron chi connectivity index (χ0n) is 17.1. The van der Waals surface area contributed by atoms with Gasteiger partial charge in [-0.05, 0) is 44.5 Å². The van der Waals surface area contributed by atoms with Gasteiger partial charge in [0.2, 0.25) is 0 Å². The monoisotopic (exact) mass is 319 g/mol. The van der Waals surface area contributed by atoms with E-state index in [-0.39, 0.29) is 30.0 Å². The molecule has 0 radical (unpaired) electrons. The average Bonchev–Trinajstić information content (AvgIpc) is 2.92. The number of benzene rings is 1. The molecule has 1 aromatic carbocycles. The van der Waals surface area contributed by atoms with E-state index < -0.39 is 35.3 Å². The van der Waals surface area contributed by atoms with Crippen molar-refractivity contribution in [2.75, 3.05) is 20.7 Å². The first-order valence-electron chi connectivity index (χ1n) is 9.94. The van der Waals surface area contributed by atoms with Crippen molar-refractivity contribution >= 4 is 5.78 Å². The van der Waals surface area contributed by atoms with Crippen LogP contribution in [-0.4, -0.2) is 54.2 Å². The van der Waals surface area contributed by atoms with Gasteiger partial charge in [-0.1, -0.05) is 6.04 Å². The van der Waals surface area contributed by atoms with Crippen molar-refractivity contribution in [1.82, 2.24) is 4.90 Å². The molecule has 1 spiro atoms. The second-order valence-electron chi connectivity index (χ2n) is 7.03. The molecule has 2 fully saturated rings. The fraction of sp³-hybridized carbons (Fsp3) is 0.611. The number of Topliss-reactive ketones (excluding diaryl/α,β-unsaturated/α-hetero) is 1. The van der Waals surface area contributed by atoms with Gasteiger partial charge in [-0.3, -0.25) is 4.79 Å². The van der Waals surface area contributed by atoms with Crippen molar-refractivity contribution in [2.24, 2.45) is 0 Å². The lowest BCUT2D eigenvalue weighted by molar-refractivity contribution is -0.185. The molecule has 4 aliphatic rings. The minimum atomic E-state index is -2.21. The number of ether oxygens (including phenoxy) is 2. The molecule has 5 nitrogen and oxygen atoms in total. The zero-order valence-corrected chi connectivity index (χ0v) is 13.1. The van der Waals surface area contributed by atoms with Crippen LogP contribution in [0.4, 0.5) is 0 Å². The Hall–Kier alpha value is -1.59. The van der Waals surface area contributed by atoms with Crippen LogP contribution in [0.1, 0.15) is 35.8 Å². The second kappa shape index (κ2) is 4.08. The number of methoxy groups -OCH3 is 1. The first kappa shape index (κ1) is 10.3. The molecule has 0 amide bonds. The summed E-state index contributed by atoms with van der Waals surface area (Å²) in [6.45, 7) is 0.625. The normalized spacial score (nSPS) is 45.3. The molecule has 23 heavy (non-hydrogen) atoms. The first-order chi connectivity index (χ1) is 12.6. The van der Waals surface area contributed by atoms with Crippen molar-refractivity contribution < 1.29 is 24.9 Å². The number of hydrogen-bond donors (Lipinski definition) is 1. The molecule has 1 saturated carbocycles. The summed E-state index contributed by atoms with van der Waals surface area (Å²) >= 11 is 0. The third-order valence-electron chi connectivity index (χ3n) is 6.28. The zero-order chi connectivity index (χ0) is 19.5. The number of nitrogens with zero attached hydrogens (tertiary/aromatic N) is 1. The molecule has 1 saturated heterocycles. The van der Waals surface area contributed by atoms with E-state index >= 15 is 0 Å². The van der Waals surface area contributed by atoms with Crippen LogP contribution in [0.5, 0.6) is 11.5 Å². The fourth-order valence-electron chi connectivity index (χ4n) is 5.20. The minimum Gasteiger partial charge on any atom is -0.493 e. The van der Waals surface area contributed by atoms with Gasteiger partial charge in [0.25, 0.3) is 0 Å². The number of hydrogen-bond acceptors (Lipinski definition) is 5. The Morgan fingerprint density at radius 3 is 3.13 bits per heavy atom. The molecule has 1 N–H and O–H groups in total. The lowest BCUT2D eigenvalue weighted by atomic mass is 9.49. The molecular weight excluding hydrogens is 294 g/mol. The molecule has 5 rings (SSSR count). The third-order valence-corrected chi connectivity index (χ3v) is 6.28. The number of rotatable bonds is 1. The minimum absolute atomic E-state index is 0.0256. The van der Waals surface area contributed by atoms with Crippen molar-refractivity contribution in [1.29, 1.82) is 0 Å². The van der Waals surface area contributed by atoms with E-state index in [0.717, 1.165) is 0 Å². The maximum Gasteiger partial charge on any atom is 0.174 e. The van der Waals surface area contributed by atoms with Crippen LogP contribution in [-0.2, 0) is 16.6 Å². The topological polar surface area (TPSA) is 59.0 Å². The number of aliphatic hydroxyl groups is 1. The van der Waals surface area contributed by atoms with Gasteiger partial charge in [-0.15, -0.1) is 0 Å². The maximum absolute atomic E-state index is 13.0. The summed E-state index contributed by atoms with van der Waals surface area (Å²) in [5.41, 5.74) is -1.41. The lowest BCUT2D eigenvalue weighted by Crippen LogP contribution is -2.76. The van der Waals surface area contributed by atoms with E-state index in [1.165, 1.54) is 7.11 Å². The van der Waals surface area contributed by atoms with Gasteiger partial charge in [0.15, 0.2) is 23.4 Å². The Kier molecular flexibility index (Phi) is 1.83. The molecule has 2 heterocycles. The quantitative estimate of drug-likeness (QED) is 0.838. The van der Waals surface area contributed by atoms with Gasteiger partial charge in [0.05, 0.1) is 20.9 Å². The van der Waals surface area contributed by atoms with Gasteiger partial charge in [-0.25, -0.2) is 0 Å². The molecule has 1 aromatic rings. The number of carbonyl (C=O) groups excluding carboxylic acids is 1. The summed E-state index contributed by atoms with van der Waals surface area (Å²) in [4.78, 5) is 15.0. The predicted molar refractivity (Wildman–Crippen MR) is 83.0 cm³/mol. The predicted octanol–water partition coefficient (Wildman–Crippen LogP) is 1.05. The number of likely N-dealkylation sites (tertiary alicyclic amines) is 1. The van der Waals surface area contributed by atoms with Crippen LogP contribution in [0.3, 0.4) is 0 Å². The summed E-state index contributed by atoms with van der Waals surface area (Å²) in [5, 5.41) is 11.9. The van der Waals surface area contributed by atoms with E-state index in [4.69, 9.17) is 15.0 Å². The van der Waals surface area contributed by atoms with Crippen LogP contribution in [0.2, 0.25) is 0 Å². The van der Waals surface area contributed by atoms with Gasteiger partial charge in [0, 0.05) is 20.7 Å². The fourth-order valence-corrected chi connectivity index (χ4v) is 5.20. The molecule has 2 bridgehead atoms. The molecular formula is C18H21NO4. The molecule has 5 heteroatoms. The Balaban J connectivity index is 1.91. The first-order valence-corrected chi connectivity index (χ1v) is 7.94. The van der Waals surface area contributed by atoms with Gasteiger partial charge < -0.3 is 19.5 Å². The van der Waals surface area contributed by atoms with Gasteiger partial charge >= 0.3 is 0 Å². The molecule has 0 aromatic heterocycles. The Morgan fingerprint density at radius 2 is 2.35 bits per heavy atom. The van der Waals surface area contributed by atoms with Crippen LogP contribution in [0, 0.1) is 0 Å². The molecule has 4 atom stereocenters. The Bertz CT molecular complexity index is 906. The lowest BCUT2D eigenvalue weighted by Gasteiger charge is -2.62. The van der Waals surface area contributed by atoms with Crippen LogP contribution < -0.4 is 9.47 Å². The Labute approximate surface area is 140 Å². The van der Waals surface area contributed by atoms with E-state index in [0.29, 0.717) is 30.5 Å². The summed E-state index contributed by atoms with van der Waals surface area (Å²) in [7, 11) is 3.25. The Morgan fingerprint density at radius 1 is 1.52 bits per heavy atom. The molecule has 122 valence electrons. The number of carbonyl (C=O) groups is 1. The van der Waals surface area contributed by atoms with E-state index in [2.05, 4.69) is 0 Å². The van der Waals surface area contributed by atoms with Crippen molar-refractivity contribution in [2.45, 2.75) is 48.8 Å². The van der Waals surface area contributed by atoms with Crippen molar-refractivity contribution in [3.05, 3.63) is 23.2 Å². The highest BCUT2D eigenvalue weighted by atomic mass is 16.5. The van der Waals surface area contributed by atoms with E-state index in [1.54, 1.807) is 0 Å². The number of likely N-dealkylation sites (N-methyl/N-ethyl adjacent to an activating group) is 1. The summed E-state index contributed by atoms with van der Waals surface area (Å²) < 4.78 is 44.6. The largest absolute Gasteiger partial charge is 0.493 e. The highest BCUT2D eigenvalue weighted by Gasteiger charge is 2.72. The molecule has 1 unspecified atom stereocenters. The van der Waals surface area contributed by atoms with E-state index in [1.807, 2.05) is 11.9 Å². The second-order valence-corrected chi connectivity index (χ2v) is 7.03. The van der Waals surface area contributed by atoms with Crippen molar-refractivity contribution in [3.8, 4) is 11.5 Å². The van der Waals surface area contributed by atoms with Crippen LogP contribution in [0.15, 0.2) is 12.1 Å². The summed E-state index contributed by atoms with van der Waals surface area (Å²) in [5.74, 6) is -0.374. The summed E-state index contributed by atoms with van der Waals surface area (Å²) in [6, 6.07) is -0.531. The highest BCUT2D eigenvalue weighted by Crippen LogP contribution is 2.64. The van der Waals surface area contributed by atoms with Crippen LogP contribution >= 0.6 is 0 Å². The summed E-state index contributed by atoms with van der Waals surface area (Å²) in [6.07, 6.45) is -2.95. The molecule has 2 aliphatic carbocycles. The maximum atomic E-state index is 13.0. The standard InChI is InChI=1S/C18H21NO4/c1-19-8-7-17-14-10-3-4-12(22-2)15(14)23-16(17)11(20)5-6-18(17,21)13(19)9-10/h3-4,13,16,21H,5-9H2,1-2H3/t13-,16?,17+,18-/m1/s1/i3D,4D,5D2. The van der Waals surface area contributed by atoms with Crippen molar-refractivity contribution in [3.63, 3.8) is 0 Å². The smallest absolute Gasteiger partial charge is 0.174 e. The SMILES string of the molecule is [2H]c1c([2H])c(OC)c2c3c1C[C@H]1N(C)CC[C@@]34C(O2)C(=O)C([2H])([2H])C[C@@]14O.